The maximum atomic E-state index is 12.2. The van der Waals surface area contributed by atoms with Crippen molar-refractivity contribution in [2.24, 2.45) is 0 Å². The van der Waals surface area contributed by atoms with Gasteiger partial charge in [0.15, 0.2) is 5.65 Å². The molecule has 1 unspecified atom stereocenters. The van der Waals surface area contributed by atoms with Crippen molar-refractivity contribution in [1.29, 1.82) is 0 Å². The average Bonchev–Trinajstić information content (AvgIpc) is 3.26. The molecular weight excluding hydrogens is 414 g/mol. The first-order chi connectivity index (χ1) is 16.1. The van der Waals surface area contributed by atoms with E-state index in [1.165, 1.54) is 50.3 Å². The largest absolute Gasteiger partial charge is 0.383 e. The van der Waals surface area contributed by atoms with E-state index in [1.807, 2.05) is 9.58 Å². The number of nitrogens with zero attached hydrogens (tertiary/aromatic N) is 6. The molecule has 0 bridgehead atoms. The van der Waals surface area contributed by atoms with E-state index in [2.05, 4.69) is 45.7 Å². The number of amides is 1. The number of carbonyl (C=O) groups is 1. The van der Waals surface area contributed by atoms with Crippen molar-refractivity contribution in [3.63, 3.8) is 0 Å². The van der Waals surface area contributed by atoms with Crippen LogP contribution in [0.5, 0.6) is 0 Å². The van der Waals surface area contributed by atoms with Crippen LogP contribution in [0.4, 0.5) is 5.82 Å². The normalized spacial score (nSPS) is 19.6. The van der Waals surface area contributed by atoms with Gasteiger partial charge in [0.25, 0.3) is 0 Å². The van der Waals surface area contributed by atoms with Gasteiger partial charge in [-0.3, -0.25) is 9.69 Å². The number of rotatable bonds is 5. The molecule has 2 aliphatic heterocycles. The van der Waals surface area contributed by atoms with Crippen LogP contribution in [0, 0.1) is 0 Å². The van der Waals surface area contributed by atoms with E-state index in [0.29, 0.717) is 18.0 Å². The molecule has 3 aromatic rings. The summed E-state index contributed by atoms with van der Waals surface area (Å²) in [6.07, 6.45) is 8.62. The lowest BCUT2D eigenvalue weighted by Gasteiger charge is -2.32. The molecule has 0 radical (unpaired) electrons. The van der Waals surface area contributed by atoms with Crippen molar-refractivity contribution in [2.75, 3.05) is 31.9 Å². The number of fused-ring (bicyclic) bond motifs is 1. The molecule has 33 heavy (non-hydrogen) atoms. The highest BCUT2D eigenvalue weighted by molar-refractivity contribution is 5.98. The zero-order chi connectivity index (χ0) is 22.8. The fourth-order valence-corrected chi connectivity index (χ4v) is 5.08. The average molecular weight is 446 g/mol. The van der Waals surface area contributed by atoms with E-state index in [0.717, 1.165) is 42.6 Å². The van der Waals surface area contributed by atoms with Crippen molar-refractivity contribution in [2.45, 2.75) is 44.7 Å². The van der Waals surface area contributed by atoms with Crippen LogP contribution in [0.2, 0.25) is 0 Å². The summed E-state index contributed by atoms with van der Waals surface area (Å²) in [5.41, 5.74) is 10.1. The third-order valence-electron chi connectivity index (χ3n) is 6.83. The van der Waals surface area contributed by atoms with Crippen LogP contribution in [0.25, 0.3) is 22.3 Å². The topological polar surface area (TPSA) is 93.2 Å². The molecule has 172 valence electrons. The molecule has 2 N–H and O–H groups in total. The van der Waals surface area contributed by atoms with Crippen molar-refractivity contribution in [3.05, 3.63) is 48.8 Å². The van der Waals surface area contributed by atoms with Gasteiger partial charge in [-0.25, -0.2) is 14.6 Å². The first-order valence-electron chi connectivity index (χ1n) is 11.9. The summed E-state index contributed by atoms with van der Waals surface area (Å²) < 4.78 is 1.94. The number of likely N-dealkylation sites (tertiary alicyclic amines) is 2. The maximum Gasteiger partial charge on any atom is 0.246 e. The molecule has 4 heterocycles. The number of hydrogen-bond acceptors (Lipinski definition) is 6. The second-order valence-electron chi connectivity index (χ2n) is 9.07. The van der Waals surface area contributed by atoms with E-state index in [4.69, 9.17) is 10.8 Å². The lowest BCUT2D eigenvalue weighted by atomic mass is 10.1. The molecule has 1 aromatic carbocycles. The van der Waals surface area contributed by atoms with Crippen LogP contribution >= 0.6 is 0 Å². The molecule has 0 spiro atoms. The molecule has 2 saturated heterocycles. The smallest absolute Gasteiger partial charge is 0.246 e. The van der Waals surface area contributed by atoms with Gasteiger partial charge in [-0.2, -0.15) is 5.10 Å². The van der Waals surface area contributed by atoms with Gasteiger partial charge in [0.2, 0.25) is 5.91 Å². The minimum absolute atomic E-state index is 0.0339. The second-order valence-corrected chi connectivity index (χ2v) is 9.07. The third kappa shape index (κ3) is 4.35. The fourth-order valence-electron chi connectivity index (χ4n) is 5.08. The van der Waals surface area contributed by atoms with Crippen molar-refractivity contribution in [3.8, 4) is 11.3 Å². The molecule has 0 saturated carbocycles. The third-order valence-corrected chi connectivity index (χ3v) is 6.83. The molecule has 2 fully saturated rings. The molecule has 1 amide bonds. The van der Waals surface area contributed by atoms with Gasteiger partial charge in [0.05, 0.1) is 11.4 Å². The summed E-state index contributed by atoms with van der Waals surface area (Å²) in [6, 6.07) is 8.63. The first kappa shape index (κ1) is 21.6. The number of benzene rings is 1. The molecule has 8 heteroatoms. The van der Waals surface area contributed by atoms with Crippen LogP contribution in [-0.2, 0) is 11.3 Å². The highest BCUT2D eigenvalue weighted by Gasteiger charge is 2.28. The Morgan fingerprint density at radius 3 is 2.64 bits per heavy atom. The highest BCUT2D eigenvalue weighted by Crippen LogP contribution is 2.34. The van der Waals surface area contributed by atoms with Gasteiger partial charge < -0.3 is 10.6 Å². The van der Waals surface area contributed by atoms with Crippen LogP contribution < -0.4 is 5.73 Å². The summed E-state index contributed by atoms with van der Waals surface area (Å²) in [4.78, 5) is 25.3. The molecule has 2 aliphatic rings. The van der Waals surface area contributed by atoms with Gasteiger partial charge in [-0.15, -0.1) is 0 Å². The first-order valence-corrected chi connectivity index (χ1v) is 11.9. The molecule has 1 atom stereocenters. The minimum Gasteiger partial charge on any atom is -0.383 e. The van der Waals surface area contributed by atoms with Gasteiger partial charge in [-0.05, 0) is 50.4 Å². The van der Waals surface area contributed by atoms with Crippen LogP contribution in [-0.4, -0.2) is 61.6 Å². The van der Waals surface area contributed by atoms with Gasteiger partial charge in [0, 0.05) is 25.2 Å². The van der Waals surface area contributed by atoms with Crippen molar-refractivity contribution >= 4 is 22.8 Å². The Bertz CT molecular complexity index is 1150. The van der Waals surface area contributed by atoms with Crippen LogP contribution in [0.15, 0.2) is 43.2 Å². The predicted molar refractivity (Wildman–Crippen MR) is 129 cm³/mol. The van der Waals surface area contributed by atoms with Crippen molar-refractivity contribution in [1.82, 2.24) is 29.5 Å². The molecular formula is C25H31N7O. The number of nitrogens with two attached hydrogens (primary N) is 1. The number of hydrogen-bond donors (Lipinski definition) is 1. The summed E-state index contributed by atoms with van der Waals surface area (Å²) in [6.45, 7) is 8.29. The van der Waals surface area contributed by atoms with Crippen LogP contribution in [0.1, 0.15) is 43.7 Å². The Hall–Kier alpha value is -3.26. The molecule has 8 nitrogen and oxygen atoms in total. The monoisotopic (exact) mass is 445 g/mol. The van der Waals surface area contributed by atoms with E-state index in [9.17, 15) is 4.79 Å². The van der Waals surface area contributed by atoms with E-state index >= 15 is 0 Å². The zero-order valence-electron chi connectivity index (χ0n) is 19.0. The molecule has 0 aliphatic carbocycles. The predicted octanol–water partition coefficient (Wildman–Crippen LogP) is 3.41. The summed E-state index contributed by atoms with van der Waals surface area (Å²) in [5.74, 6) is 0.378. The second kappa shape index (κ2) is 9.31. The Kier molecular flexibility index (Phi) is 6.09. The van der Waals surface area contributed by atoms with Gasteiger partial charge in [-0.1, -0.05) is 37.3 Å². The fraction of sp³-hybridized carbons (Fsp3) is 0.440. The number of piperidine rings is 2. The standard InChI is InChI=1S/C25H31N7O/c1-2-21(33)31-14-6-7-20(16-31)32-25-22(24(26)27-17-28-25)23(29-32)19-10-8-18(9-11-19)15-30-12-4-3-5-13-30/h2,8-11,17,20H,1,3-7,12-16H2,(H2,26,27,28). The number of carbonyl (C=O) groups excluding carboxylic acids is 1. The Morgan fingerprint density at radius 2 is 1.88 bits per heavy atom. The quantitative estimate of drug-likeness (QED) is 0.605. The molecule has 5 rings (SSSR count). The summed E-state index contributed by atoms with van der Waals surface area (Å²) in [5, 5.41) is 5.74. The maximum absolute atomic E-state index is 12.2. The lowest BCUT2D eigenvalue weighted by Crippen LogP contribution is -2.40. The van der Waals surface area contributed by atoms with Gasteiger partial charge in [0.1, 0.15) is 17.8 Å². The Balaban J connectivity index is 1.46. The van der Waals surface area contributed by atoms with Crippen LogP contribution in [0.3, 0.4) is 0 Å². The van der Waals surface area contributed by atoms with Crippen molar-refractivity contribution < 1.29 is 4.79 Å². The Morgan fingerprint density at radius 1 is 1.09 bits per heavy atom. The Labute approximate surface area is 194 Å². The summed E-state index contributed by atoms with van der Waals surface area (Å²) in [7, 11) is 0. The number of aromatic nitrogens is 4. The SMILES string of the molecule is C=CC(=O)N1CCCC(n2nc(-c3ccc(CN4CCCCC4)cc3)c3c(N)ncnc32)C1. The highest BCUT2D eigenvalue weighted by atomic mass is 16.2. The minimum atomic E-state index is -0.0465. The lowest BCUT2D eigenvalue weighted by molar-refractivity contribution is -0.127. The van der Waals surface area contributed by atoms with E-state index < -0.39 is 0 Å². The van der Waals surface area contributed by atoms with Gasteiger partial charge >= 0.3 is 0 Å². The number of nitrogen functional groups attached to an aromatic ring is 1. The number of anilines is 1. The zero-order valence-corrected chi connectivity index (χ0v) is 19.0. The van der Waals surface area contributed by atoms with E-state index in [-0.39, 0.29) is 11.9 Å². The van der Waals surface area contributed by atoms with E-state index in [1.54, 1.807) is 0 Å². The molecule has 2 aromatic heterocycles. The summed E-state index contributed by atoms with van der Waals surface area (Å²) >= 11 is 0.